The molecule has 1 N–H and O–H groups in total. The molecule has 0 spiro atoms. The largest absolute Gasteiger partial charge is 0.365 e. The lowest BCUT2D eigenvalue weighted by molar-refractivity contribution is 0.549. The van der Waals surface area contributed by atoms with Gasteiger partial charge in [-0.1, -0.05) is 39.0 Å². The van der Waals surface area contributed by atoms with E-state index in [0.717, 1.165) is 24.4 Å². The summed E-state index contributed by atoms with van der Waals surface area (Å²) in [7, 11) is 0. The summed E-state index contributed by atoms with van der Waals surface area (Å²) in [5.41, 5.74) is 1.30. The summed E-state index contributed by atoms with van der Waals surface area (Å²) in [6, 6.07) is 6.72. The zero-order valence-corrected chi connectivity index (χ0v) is 16.6. The molecule has 1 aromatic rings. The summed E-state index contributed by atoms with van der Waals surface area (Å²) >= 11 is 0. The minimum atomic E-state index is -0.217. The van der Waals surface area contributed by atoms with E-state index in [0.29, 0.717) is 42.6 Å². The van der Waals surface area contributed by atoms with Crippen LogP contribution in [0.4, 0.5) is 10.2 Å². The van der Waals surface area contributed by atoms with Crippen molar-refractivity contribution in [1.82, 2.24) is 19.1 Å². The lowest BCUT2D eigenvalue weighted by Crippen LogP contribution is -2.32. The molecule has 0 saturated carbocycles. The Balaban J connectivity index is 1.73. The van der Waals surface area contributed by atoms with Crippen LogP contribution in [-0.2, 0) is 25.9 Å². The Morgan fingerprint density at radius 1 is 1.29 bits per heavy atom. The van der Waals surface area contributed by atoms with E-state index >= 15 is 0 Å². The van der Waals surface area contributed by atoms with Crippen LogP contribution in [0.1, 0.15) is 38.6 Å². The maximum absolute atomic E-state index is 14.1. The van der Waals surface area contributed by atoms with Gasteiger partial charge in [-0.3, -0.25) is 9.13 Å². The second-order valence-corrected chi connectivity index (χ2v) is 7.94. The van der Waals surface area contributed by atoms with Crippen LogP contribution in [-0.4, -0.2) is 25.1 Å². The summed E-state index contributed by atoms with van der Waals surface area (Å²) in [5, 5.41) is 3.41. The molecule has 6 nitrogen and oxygen atoms in total. The van der Waals surface area contributed by atoms with Gasteiger partial charge in [-0.2, -0.15) is 0 Å². The first-order chi connectivity index (χ1) is 13.5. The third kappa shape index (κ3) is 3.30. The van der Waals surface area contributed by atoms with Crippen molar-refractivity contribution in [2.45, 2.75) is 59.2 Å². The SMILES string of the molecule is CCCn1c2nc(CC(C)C)nc-2c2n(c1=O)CC(Cc1ccccc1F)N2. The number of rotatable bonds is 6. The Labute approximate surface area is 163 Å². The highest BCUT2D eigenvalue weighted by Crippen LogP contribution is 2.31. The number of benzene rings is 1. The van der Waals surface area contributed by atoms with Crippen LogP contribution < -0.4 is 11.0 Å². The van der Waals surface area contributed by atoms with Gasteiger partial charge in [-0.25, -0.2) is 19.2 Å². The Morgan fingerprint density at radius 2 is 2.07 bits per heavy atom. The van der Waals surface area contributed by atoms with Crippen molar-refractivity contribution in [3.05, 3.63) is 52.0 Å². The number of hydrogen-bond acceptors (Lipinski definition) is 4. The molecule has 3 heterocycles. The summed E-state index contributed by atoms with van der Waals surface area (Å²) in [6.45, 7) is 7.40. The molecule has 3 aliphatic rings. The molecule has 0 amide bonds. The molecule has 0 fully saturated rings. The minimum absolute atomic E-state index is 0.0597. The van der Waals surface area contributed by atoms with Gasteiger partial charge in [0.2, 0.25) is 0 Å². The maximum Gasteiger partial charge on any atom is 0.331 e. The van der Waals surface area contributed by atoms with E-state index in [1.165, 1.54) is 6.07 Å². The standard InChI is InChI=1S/C21H26FN5O/c1-4-9-26-20-18(24-17(25-20)10-13(2)3)19-23-15(12-27(19)21(26)28)11-14-7-5-6-8-16(14)22/h5-8,13,15,23H,4,9-12H2,1-3H3. The Morgan fingerprint density at radius 3 is 2.79 bits per heavy atom. The molecule has 1 atom stereocenters. The zero-order valence-electron chi connectivity index (χ0n) is 16.6. The van der Waals surface area contributed by atoms with E-state index in [9.17, 15) is 9.18 Å². The Bertz CT molecular complexity index is 1020. The smallest absolute Gasteiger partial charge is 0.331 e. The lowest BCUT2D eigenvalue weighted by Gasteiger charge is -2.13. The molecule has 0 bridgehead atoms. The monoisotopic (exact) mass is 383 g/mol. The number of anilines is 1. The molecule has 1 unspecified atom stereocenters. The fraction of sp³-hybridized carbons (Fsp3) is 0.476. The predicted octanol–water partition coefficient (Wildman–Crippen LogP) is 3.33. The second kappa shape index (κ2) is 7.37. The van der Waals surface area contributed by atoms with Gasteiger partial charge in [0.15, 0.2) is 5.82 Å². The van der Waals surface area contributed by atoms with E-state index in [1.54, 1.807) is 21.3 Å². The van der Waals surface area contributed by atoms with Gasteiger partial charge in [0.05, 0.1) is 0 Å². The molecule has 4 rings (SSSR count). The van der Waals surface area contributed by atoms with Crippen LogP contribution in [0.5, 0.6) is 0 Å². The molecule has 7 heteroatoms. The third-order valence-electron chi connectivity index (χ3n) is 5.11. The van der Waals surface area contributed by atoms with Crippen LogP contribution in [0.25, 0.3) is 11.5 Å². The van der Waals surface area contributed by atoms with Gasteiger partial charge >= 0.3 is 5.69 Å². The highest BCUT2D eigenvalue weighted by Gasteiger charge is 2.31. The first-order valence-corrected chi connectivity index (χ1v) is 9.97. The molecule has 0 saturated heterocycles. The van der Waals surface area contributed by atoms with Gasteiger partial charge in [0.25, 0.3) is 0 Å². The van der Waals surface area contributed by atoms with Crippen LogP contribution in [0, 0.1) is 11.7 Å². The summed E-state index contributed by atoms with van der Waals surface area (Å²) in [6.07, 6.45) is 2.12. The van der Waals surface area contributed by atoms with Crippen molar-refractivity contribution in [3.63, 3.8) is 0 Å². The molecule has 0 radical (unpaired) electrons. The maximum atomic E-state index is 14.1. The molecule has 0 aliphatic carbocycles. The molecule has 148 valence electrons. The van der Waals surface area contributed by atoms with Crippen molar-refractivity contribution >= 4 is 5.82 Å². The fourth-order valence-corrected chi connectivity index (χ4v) is 3.89. The number of nitrogens with zero attached hydrogens (tertiary/aromatic N) is 4. The second-order valence-electron chi connectivity index (χ2n) is 7.94. The van der Waals surface area contributed by atoms with Crippen molar-refractivity contribution in [1.29, 1.82) is 0 Å². The van der Waals surface area contributed by atoms with E-state index < -0.39 is 0 Å². The number of imidazole rings is 1. The van der Waals surface area contributed by atoms with Crippen LogP contribution in [0.2, 0.25) is 0 Å². The van der Waals surface area contributed by atoms with Crippen LogP contribution in [0.3, 0.4) is 0 Å². The Kier molecular flexibility index (Phi) is 4.91. The van der Waals surface area contributed by atoms with Gasteiger partial charge < -0.3 is 5.32 Å². The van der Waals surface area contributed by atoms with E-state index in [-0.39, 0.29) is 17.5 Å². The zero-order chi connectivity index (χ0) is 19.8. The van der Waals surface area contributed by atoms with Crippen molar-refractivity contribution in [2.24, 2.45) is 5.92 Å². The van der Waals surface area contributed by atoms with Crippen molar-refractivity contribution in [2.75, 3.05) is 5.32 Å². The van der Waals surface area contributed by atoms with E-state index in [4.69, 9.17) is 4.98 Å². The Hall–Kier alpha value is -2.70. The molecule has 0 aromatic heterocycles. The minimum Gasteiger partial charge on any atom is -0.365 e. The van der Waals surface area contributed by atoms with Gasteiger partial charge in [-0.15, -0.1) is 0 Å². The number of aromatic nitrogens is 4. The average Bonchev–Trinajstić information content (AvgIpc) is 3.24. The quantitative estimate of drug-likeness (QED) is 0.709. The first-order valence-electron chi connectivity index (χ1n) is 9.97. The number of halogens is 1. The highest BCUT2D eigenvalue weighted by molar-refractivity contribution is 5.69. The van der Waals surface area contributed by atoms with Crippen LogP contribution >= 0.6 is 0 Å². The van der Waals surface area contributed by atoms with Crippen LogP contribution in [0.15, 0.2) is 29.1 Å². The first kappa shape index (κ1) is 18.7. The number of nitrogens with one attached hydrogen (secondary N) is 1. The summed E-state index contributed by atoms with van der Waals surface area (Å²) in [4.78, 5) is 22.5. The van der Waals surface area contributed by atoms with Gasteiger partial charge in [0, 0.05) is 25.6 Å². The van der Waals surface area contributed by atoms with E-state index in [2.05, 4.69) is 24.1 Å². The highest BCUT2D eigenvalue weighted by atomic mass is 19.1. The van der Waals surface area contributed by atoms with E-state index in [1.807, 2.05) is 13.0 Å². The normalized spacial score (nSPS) is 16.0. The number of hydrogen-bond donors (Lipinski definition) is 1. The third-order valence-corrected chi connectivity index (χ3v) is 5.11. The average molecular weight is 383 g/mol. The molecule has 3 aliphatic heterocycles. The molecular formula is C21H26FN5O. The predicted molar refractivity (Wildman–Crippen MR) is 107 cm³/mol. The molecular weight excluding hydrogens is 357 g/mol. The molecule has 1 aromatic carbocycles. The topological polar surface area (TPSA) is 64.7 Å². The molecule has 28 heavy (non-hydrogen) atoms. The summed E-state index contributed by atoms with van der Waals surface area (Å²) in [5.74, 6) is 2.34. The van der Waals surface area contributed by atoms with Crippen molar-refractivity contribution < 1.29 is 4.39 Å². The number of fused-ring (bicyclic) bond motifs is 3. The van der Waals surface area contributed by atoms with Gasteiger partial charge in [0.1, 0.15) is 23.2 Å². The van der Waals surface area contributed by atoms with Gasteiger partial charge in [-0.05, 0) is 30.4 Å². The lowest BCUT2D eigenvalue weighted by atomic mass is 10.1. The van der Waals surface area contributed by atoms with Crippen molar-refractivity contribution in [3.8, 4) is 11.5 Å². The summed E-state index contributed by atoms with van der Waals surface area (Å²) < 4.78 is 17.5. The fourth-order valence-electron chi connectivity index (χ4n) is 3.89.